The van der Waals surface area contributed by atoms with Crippen LogP contribution in [0, 0.1) is 0 Å². The van der Waals surface area contributed by atoms with E-state index in [1.54, 1.807) is 12.1 Å². The van der Waals surface area contributed by atoms with Crippen molar-refractivity contribution in [2.45, 2.75) is 0 Å². The van der Waals surface area contributed by atoms with Crippen LogP contribution in [0.25, 0.3) is 0 Å². The van der Waals surface area contributed by atoms with Crippen molar-refractivity contribution in [2.75, 3.05) is 13.4 Å². The molecule has 2 N–H and O–H groups in total. The number of aromatic hydroxyl groups is 1. The van der Waals surface area contributed by atoms with Crippen LogP contribution >= 0.6 is 0 Å². The number of hydrogen-bond donors (Lipinski definition) is 2. The summed E-state index contributed by atoms with van der Waals surface area (Å²) in [5.41, 5.74) is 0.190. The minimum atomic E-state index is -3.67. The quantitative estimate of drug-likeness (QED) is 0.560. The minimum Gasteiger partial charge on any atom is -0.507 e. The summed E-state index contributed by atoms with van der Waals surface area (Å²) in [7, 11) is -2.39. The molecule has 90 valence electrons. The van der Waals surface area contributed by atoms with E-state index in [2.05, 4.69) is 4.74 Å². The molecule has 0 atom stereocenters. The smallest absolute Gasteiger partial charge is 0.341 e. The standard InChI is InChI=1S/C8H8O3.CH4O3S/c1-11-8(10)6-4-2-3-5-7(6)9;1-5(2,3)4/h2-5,9H,1H3;1H3,(H,2,3,4). The first kappa shape index (κ1) is 14.4. The van der Waals surface area contributed by atoms with Crippen molar-refractivity contribution in [2.24, 2.45) is 0 Å². The number of hydrogen-bond acceptors (Lipinski definition) is 5. The zero-order valence-electron chi connectivity index (χ0n) is 8.75. The zero-order valence-corrected chi connectivity index (χ0v) is 9.56. The number of carbonyl (C=O) groups excluding carboxylic acids is 1. The summed E-state index contributed by atoms with van der Waals surface area (Å²) in [5, 5.41) is 9.11. The van der Waals surface area contributed by atoms with Gasteiger partial charge in [0.05, 0.1) is 13.4 Å². The molecule has 0 amide bonds. The summed E-state index contributed by atoms with van der Waals surface area (Å²) in [6, 6.07) is 6.24. The van der Waals surface area contributed by atoms with Gasteiger partial charge in [-0.15, -0.1) is 0 Å². The van der Waals surface area contributed by atoms with E-state index in [9.17, 15) is 13.2 Å². The number of phenols is 1. The van der Waals surface area contributed by atoms with E-state index in [0.717, 1.165) is 0 Å². The molecule has 0 spiro atoms. The molecule has 0 aromatic heterocycles. The van der Waals surface area contributed by atoms with E-state index in [4.69, 9.17) is 9.66 Å². The van der Waals surface area contributed by atoms with Gasteiger partial charge in [-0.05, 0) is 12.1 Å². The highest BCUT2D eigenvalue weighted by Crippen LogP contribution is 2.15. The lowest BCUT2D eigenvalue weighted by molar-refractivity contribution is 0.0597. The Labute approximate surface area is 93.2 Å². The van der Waals surface area contributed by atoms with Crippen molar-refractivity contribution in [1.29, 1.82) is 0 Å². The normalized spacial score (nSPS) is 9.94. The number of esters is 1. The molecule has 0 unspecified atom stereocenters. The number of phenolic OH excluding ortho intramolecular Hbond substituents is 1. The highest BCUT2D eigenvalue weighted by Gasteiger charge is 2.08. The van der Waals surface area contributed by atoms with Crippen molar-refractivity contribution in [3.63, 3.8) is 0 Å². The lowest BCUT2D eigenvalue weighted by atomic mass is 10.2. The molecule has 16 heavy (non-hydrogen) atoms. The Morgan fingerprint density at radius 3 is 2.12 bits per heavy atom. The molecule has 0 fully saturated rings. The molecule has 0 aliphatic carbocycles. The highest BCUT2D eigenvalue weighted by molar-refractivity contribution is 7.85. The lowest BCUT2D eigenvalue weighted by Gasteiger charge is -1.99. The Balaban J connectivity index is 0.000000385. The third-order valence-electron chi connectivity index (χ3n) is 1.31. The summed E-state index contributed by atoms with van der Waals surface area (Å²) in [5.74, 6) is -0.581. The zero-order chi connectivity index (χ0) is 12.8. The fourth-order valence-electron chi connectivity index (χ4n) is 0.756. The Bertz CT molecular complexity index is 443. The molecule has 7 heteroatoms. The van der Waals surface area contributed by atoms with E-state index in [-0.39, 0.29) is 11.3 Å². The van der Waals surface area contributed by atoms with Gasteiger partial charge in [0, 0.05) is 0 Å². The van der Waals surface area contributed by atoms with Crippen LogP contribution in [0.4, 0.5) is 0 Å². The maximum Gasteiger partial charge on any atom is 0.341 e. The van der Waals surface area contributed by atoms with Crippen molar-refractivity contribution in [1.82, 2.24) is 0 Å². The second-order valence-corrected chi connectivity index (χ2v) is 4.21. The van der Waals surface area contributed by atoms with Gasteiger partial charge in [-0.25, -0.2) is 4.79 Å². The van der Waals surface area contributed by atoms with Crippen LogP contribution in [0.15, 0.2) is 24.3 Å². The van der Waals surface area contributed by atoms with E-state index < -0.39 is 16.1 Å². The molecule has 0 aliphatic rings. The van der Waals surface area contributed by atoms with Gasteiger partial charge in [-0.3, -0.25) is 4.55 Å². The summed E-state index contributed by atoms with van der Waals surface area (Å²) in [6.07, 6.45) is 0.715. The Morgan fingerprint density at radius 2 is 1.75 bits per heavy atom. The average Bonchev–Trinajstić information content (AvgIpc) is 2.15. The van der Waals surface area contributed by atoms with E-state index in [0.29, 0.717) is 6.26 Å². The van der Waals surface area contributed by atoms with Crippen LogP contribution in [0.5, 0.6) is 5.75 Å². The van der Waals surface area contributed by atoms with Crippen LogP contribution in [0.1, 0.15) is 10.4 Å². The Hall–Kier alpha value is -1.60. The van der Waals surface area contributed by atoms with Crippen LogP contribution < -0.4 is 0 Å². The summed E-state index contributed by atoms with van der Waals surface area (Å²) < 4.78 is 30.3. The molecule has 1 rings (SSSR count). The second kappa shape index (κ2) is 6.09. The molecule has 1 aromatic rings. The molecule has 0 bridgehead atoms. The fraction of sp³-hybridized carbons (Fsp3) is 0.222. The molecule has 6 nitrogen and oxygen atoms in total. The SMILES string of the molecule is COC(=O)c1ccccc1O.CS(=O)(=O)O. The first-order chi connectivity index (χ1) is 7.25. The minimum absolute atomic E-state index is 0.0562. The Kier molecular flexibility index (Phi) is 5.48. The van der Waals surface area contributed by atoms with Gasteiger partial charge in [0.25, 0.3) is 10.1 Å². The first-order valence-electron chi connectivity index (χ1n) is 4.04. The van der Waals surface area contributed by atoms with Crippen molar-refractivity contribution < 1.29 is 27.6 Å². The number of benzene rings is 1. The molecule has 0 heterocycles. The number of carbonyl (C=O) groups is 1. The number of methoxy groups -OCH3 is 1. The van der Waals surface area contributed by atoms with Crippen molar-refractivity contribution in [3.8, 4) is 5.75 Å². The lowest BCUT2D eigenvalue weighted by Crippen LogP contribution is -2.00. The van der Waals surface area contributed by atoms with E-state index >= 15 is 0 Å². The van der Waals surface area contributed by atoms with Gasteiger partial charge < -0.3 is 9.84 Å². The third kappa shape index (κ3) is 6.80. The maximum absolute atomic E-state index is 10.9. The fourth-order valence-corrected chi connectivity index (χ4v) is 0.756. The van der Waals surface area contributed by atoms with Crippen LogP contribution in [0.2, 0.25) is 0 Å². The summed E-state index contributed by atoms with van der Waals surface area (Å²) in [6.45, 7) is 0. The van der Waals surface area contributed by atoms with Crippen LogP contribution in [-0.2, 0) is 14.9 Å². The molecular formula is C9H12O6S. The summed E-state index contributed by atoms with van der Waals surface area (Å²) >= 11 is 0. The van der Waals surface area contributed by atoms with Gasteiger partial charge in [0.15, 0.2) is 0 Å². The van der Waals surface area contributed by atoms with Gasteiger partial charge in [0.2, 0.25) is 0 Å². The molecular weight excluding hydrogens is 236 g/mol. The Morgan fingerprint density at radius 1 is 1.31 bits per heavy atom. The third-order valence-corrected chi connectivity index (χ3v) is 1.31. The predicted molar refractivity (Wildman–Crippen MR) is 56.9 cm³/mol. The second-order valence-electron chi connectivity index (χ2n) is 2.74. The summed E-state index contributed by atoms with van der Waals surface area (Å²) in [4.78, 5) is 10.9. The van der Waals surface area contributed by atoms with Gasteiger partial charge in [-0.1, -0.05) is 12.1 Å². The predicted octanol–water partition coefficient (Wildman–Crippen LogP) is 0.683. The van der Waals surface area contributed by atoms with Crippen molar-refractivity contribution >= 4 is 16.1 Å². The monoisotopic (exact) mass is 248 g/mol. The van der Waals surface area contributed by atoms with E-state index in [1.165, 1.54) is 19.2 Å². The first-order valence-corrected chi connectivity index (χ1v) is 5.89. The van der Waals surface area contributed by atoms with Crippen LogP contribution in [-0.4, -0.2) is 37.4 Å². The van der Waals surface area contributed by atoms with E-state index in [1.807, 2.05) is 0 Å². The van der Waals surface area contributed by atoms with Gasteiger partial charge in [-0.2, -0.15) is 8.42 Å². The van der Waals surface area contributed by atoms with Crippen molar-refractivity contribution in [3.05, 3.63) is 29.8 Å². The average molecular weight is 248 g/mol. The molecule has 0 aliphatic heterocycles. The molecule has 0 radical (unpaired) electrons. The topological polar surface area (TPSA) is 101 Å². The molecule has 0 saturated carbocycles. The van der Waals surface area contributed by atoms with Gasteiger partial charge >= 0.3 is 5.97 Å². The number of para-hydroxylation sites is 1. The number of rotatable bonds is 1. The van der Waals surface area contributed by atoms with Crippen LogP contribution in [0.3, 0.4) is 0 Å². The molecule has 1 aromatic carbocycles. The van der Waals surface area contributed by atoms with Gasteiger partial charge in [0.1, 0.15) is 11.3 Å². The maximum atomic E-state index is 10.9. The largest absolute Gasteiger partial charge is 0.507 e. The molecule has 0 saturated heterocycles. The highest BCUT2D eigenvalue weighted by atomic mass is 32.2. The number of ether oxygens (including phenoxy) is 1.